The molecule has 0 saturated carbocycles. The van der Waals surface area contributed by atoms with Crippen LogP contribution >= 0.6 is 0 Å². The van der Waals surface area contributed by atoms with Crippen molar-refractivity contribution in [1.29, 1.82) is 0 Å². The molecule has 0 fully saturated rings. The molecule has 0 spiro atoms. The molecular formula is C24H22N4O4. The lowest BCUT2D eigenvalue weighted by Crippen LogP contribution is -2.18. The van der Waals surface area contributed by atoms with E-state index in [1.165, 1.54) is 0 Å². The molecule has 3 aromatic heterocycles. The molecule has 5 rings (SSSR count). The summed E-state index contributed by atoms with van der Waals surface area (Å²) in [6.45, 7) is 0.466. The predicted octanol–water partition coefficient (Wildman–Crippen LogP) is 5.07. The first-order valence-electron chi connectivity index (χ1n) is 10.0. The first-order chi connectivity index (χ1) is 15.7. The molecule has 0 unspecified atom stereocenters. The Bertz CT molecular complexity index is 1380. The Labute approximate surface area is 184 Å². The van der Waals surface area contributed by atoms with E-state index in [1.807, 2.05) is 48.5 Å². The maximum absolute atomic E-state index is 5.64. The number of hydrogen-bond acceptors (Lipinski definition) is 7. The van der Waals surface area contributed by atoms with Gasteiger partial charge in [-0.15, -0.1) is 0 Å². The van der Waals surface area contributed by atoms with Crippen molar-refractivity contribution in [1.82, 2.24) is 15.0 Å². The second kappa shape index (κ2) is 8.14. The van der Waals surface area contributed by atoms with Gasteiger partial charge in [-0.2, -0.15) is 0 Å². The first kappa shape index (κ1) is 19.7. The van der Waals surface area contributed by atoms with Crippen molar-refractivity contribution in [3.05, 3.63) is 66.9 Å². The zero-order valence-electron chi connectivity index (χ0n) is 18.0. The highest BCUT2D eigenvalue weighted by Crippen LogP contribution is 2.38. The summed E-state index contributed by atoms with van der Waals surface area (Å²) >= 11 is 0. The molecule has 0 aliphatic rings. The van der Waals surface area contributed by atoms with E-state index < -0.39 is 0 Å². The third kappa shape index (κ3) is 3.35. The number of anilines is 2. The lowest BCUT2D eigenvalue weighted by atomic mass is 10.2. The van der Waals surface area contributed by atoms with Gasteiger partial charge in [0, 0.05) is 22.7 Å². The summed E-state index contributed by atoms with van der Waals surface area (Å²) in [4.78, 5) is 14.7. The largest absolute Gasteiger partial charge is 0.497 e. The monoisotopic (exact) mass is 430 g/mol. The van der Waals surface area contributed by atoms with Crippen molar-refractivity contribution in [3.63, 3.8) is 0 Å². The Kier molecular flexibility index (Phi) is 5.03. The fourth-order valence-corrected chi connectivity index (χ4v) is 3.83. The zero-order valence-corrected chi connectivity index (χ0v) is 18.0. The molecule has 2 aromatic carbocycles. The van der Waals surface area contributed by atoms with Crippen LogP contribution in [0.25, 0.3) is 21.9 Å². The number of furan rings is 1. The molecule has 1 N–H and O–H groups in total. The minimum Gasteiger partial charge on any atom is -0.497 e. The molecule has 8 nitrogen and oxygen atoms in total. The maximum atomic E-state index is 5.64. The lowest BCUT2D eigenvalue weighted by molar-refractivity contribution is 0.355. The zero-order chi connectivity index (χ0) is 22.1. The Morgan fingerprint density at radius 2 is 1.81 bits per heavy atom. The van der Waals surface area contributed by atoms with Crippen LogP contribution in [0.3, 0.4) is 0 Å². The molecule has 0 radical (unpaired) electrons. The van der Waals surface area contributed by atoms with E-state index in [2.05, 4.69) is 19.9 Å². The van der Waals surface area contributed by atoms with Crippen molar-refractivity contribution in [2.75, 3.05) is 26.2 Å². The fourth-order valence-electron chi connectivity index (χ4n) is 3.83. The summed E-state index contributed by atoms with van der Waals surface area (Å²) in [5.41, 5.74) is 3.45. The third-order valence-electron chi connectivity index (χ3n) is 5.40. The van der Waals surface area contributed by atoms with Crippen LogP contribution in [0.5, 0.6) is 17.2 Å². The van der Waals surface area contributed by atoms with Crippen LogP contribution < -0.4 is 19.1 Å². The van der Waals surface area contributed by atoms with E-state index in [4.69, 9.17) is 18.6 Å². The SMILES string of the molecule is COc1ccc2[nH]c3c(N(Cc4ccco4)c4ccc(OC)c(OC)c4)ncnc3c2c1. The summed E-state index contributed by atoms with van der Waals surface area (Å²) in [6.07, 6.45) is 3.23. The number of aromatic nitrogens is 3. The summed E-state index contributed by atoms with van der Waals surface area (Å²) < 4.78 is 22.0. The molecular weight excluding hydrogens is 408 g/mol. The van der Waals surface area contributed by atoms with Crippen LogP contribution in [0.4, 0.5) is 11.5 Å². The molecule has 8 heteroatoms. The average Bonchev–Trinajstić information content (AvgIpc) is 3.49. The van der Waals surface area contributed by atoms with Crippen molar-refractivity contribution >= 4 is 33.4 Å². The average molecular weight is 430 g/mol. The lowest BCUT2D eigenvalue weighted by Gasteiger charge is -2.24. The third-order valence-corrected chi connectivity index (χ3v) is 5.40. The highest BCUT2D eigenvalue weighted by molar-refractivity contribution is 6.09. The molecule has 0 amide bonds. The Hall–Kier alpha value is -4.20. The molecule has 162 valence electrons. The number of rotatable bonds is 7. The molecule has 0 aliphatic carbocycles. The quantitative estimate of drug-likeness (QED) is 0.386. The molecule has 32 heavy (non-hydrogen) atoms. The van der Waals surface area contributed by atoms with Crippen LogP contribution in [-0.4, -0.2) is 36.3 Å². The van der Waals surface area contributed by atoms with E-state index in [9.17, 15) is 0 Å². The van der Waals surface area contributed by atoms with Crippen LogP contribution in [0.2, 0.25) is 0 Å². The normalized spacial score (nSPS) is 11.1. The molecule has 0 atom stereocenters. The van der Waals surface area contributed by atoms with Crippen LogP contribution in [-0.2, 0) is 6.54 Å². The first-order valence-corrected chi connectivity index (χ1v) is 10.0. The van der Waals surface area contributed by atoms with Gasteiger partial charge >= 0.3 is 0 Å². The smallest absolute Gasteiger partial charge is 0.162 e. The van der Waals surface area contributed by atoms with E-state index >= 15 is 0 Å². The number of H-pyrrole nitrogens is 1. The van der Waals surface area contributed by atoms with E-state index in [0.29, 0.717) is 23.9 Å². The summed E-state index contributed by atoms with van der Waals surface area (Å²) in [6, 6.07) is 15.4. The Balaban J connectivity index is 1.71. The molecule has 0 aliphatic heterocycles. The highest BCUT2D eigenvalue weighted by Gasteiger charge is 2.21. The molecule has 5 aromatic rings. The van der Waals surface area contributed by atoms with Crippen LogP contribution in [0.15, 0.2) is 65.5 Å². The topological polar surface area (TPSA) is 85.6 Å². The van der Waals surface area contributed by atoms with Crippen LogP contribution in [0.1, 0.15) is 5.76 Å². The van der Waals surface area contributed by atoms with E-state index in [-0.39, 0.29) is 0 Å². The van der Waals surface area contributed by atoms with Gasteiger partial charge < -0.3 is 28.5 Å². The van der Waals surface area contributed by atoms with E-state index in [1.54, 1.807) is 33.9 Å². The van der Waals surface area contributed by atoms with Gasteiger partial charge in [0.1, 0.15) is 28.9 Å². The van der Waals surface area contributed by atoms with Crippen molar-refractivity contribution in [2.24, 2.45) is 0 Å². The number of hydrogen-bond donors (Lipinski definition) is 1. The summed E-state index contributed by atoms with van der Waals surface area (Å²) in [5, 5.41) is 0.966. The molecule has 0 saturated heterocycles. The maximum Gasteiger partial charge on any atom is 0.162 e. The van der Waals surface area contributed by atoms with Gasteiger partial charge in [-0.3, -0.25) is 0 Å². The number of nitrogens with one attached hydrogen (secondary N) is 1. The Morgan fingerprint density at radius 1 is 0.938 bits per heavy atom. The number of aromatic amines is 1. The molecule has 3 heterocycles. The van der Waals surface area contributed by atoms with Gasteiger partial charge in [0.2, 0.25) is 0 Å². The number of nitrogens with zero attached hydrogens (tertiary/aromatic N) is 3. The van der Waals surface area contributed by atoms with Crippen molar-refractivity contribution in [2.45, 2.75) is 6.54 Å². The van der Waals surface area contributed by atoms with Gasteiger partial charge in [-0.05, 0) is 42.5 Å². The second-order valence-corrected chi connectivity index (χ2v) is 7.16. The van der Waals surface area contributed by atoms with Crippen LogP contribution in [0, 0.1) is 0 Å². The molecule has 0 bridgehead atoms. The van der Waals surface area contributed by atoms with Crippen molar-refractivity contribution in [3.8, 4) is 17.2 Å². The summed E-state index contributed by atoms with van der Waals surface area (Å²) in [5.74, 6) is 3.56. The van der Waals surface area contributed by atoms with Gasteiger partial charge in [0.05, 0.1) is 34.1 Å². The predicted molar refractivity (Wildman–Crippen MR) is 122 cm³/mol. The van der Waals surface area contributed by atoms with Gasteiger partial charge in [0.25, 0.3) is 0 Å². The minimum absolute atomic E-state index is 0.466. The van der Waals surface area contributed by atoms with Gasteiger partial charge in [-0.1, -0.05) is 0 Å². The second-order valence-electron chi connectivity index (χ2n) is 7.16. The van der Waals surface area contributed by atoms with E-state index in [0.717, 1.165) is 39.1 Å². The number of fused-ring (bicyclic) bond motifs is 3. The standard InChI is InChI=1S/C24H22N4O4/c1-29-16-7-8-19-18(12-16)22-23(27-19)24(26-14-25-22)28(13-17-5-4-10-32-17)15-6-9-20(30-2)21(11-15)31-3/h4-12,14,27H,13H2,1-3H3. The number of methoxy groups -OCH3 is 3. The van der Waals surface area contributed by atoms with Crippen molar-refractivity contribution < 1.29 is 18.6 Å². The van der Waals surface area contributed by atoms with Gasteiger partial charge in [0.15, 0.2) is 17.3 Å². The number of ether oxygens (including phenoxy) is 3. The highest BCUT2D eigenvalue weighted by atomic mass is 16.5. The minimum atomic E-state index is 0.466. The summed E-state index contributed by atoms with van der Waals surface area (Å²) in [7, 11) is 4.88. The Morgan fingerprint density at radius 3 is 2.56 bits per heavy atom. The van der Waals surface area contributed by atoms with Gasteiger partial charge in [-0.25, -0.2) is 9.97 Å². The number of benzene rings is 2. The fraction of sp³-hybridized carbons (Fsp3) is 0.167.